The van der Waals surface area contributed by atoms with Crippen LogP contribution >= 0.6 is 7.82 Å². The molecule has 1 aromatic rings. The minimum absolute atomic E-state index is 0.0440. The lowest BCUT2D eigenvalue weighted by atomic mass is 9.90. The van der Waals surface area contributed by atoms with Gasteiger partial charge in [-0.05, 0) is 83.3 Å². The Morgan fingerprint density at radius 1 is 0.917 bits per heavy atom. The van der Waals surface area contributed by atoms with Gasteiger partial charge in [0.25, 0.3) is 5.91 Å². The van der Waals surface area contributed by atoms with Crippen LogP contribution in [-0.4, -0.2) is 143 Å². The average Bonchev–Trinajstić information content (AvgIpc) is 3.32. The molecule has 1 aliphatic rings. The van der Waals surface area contributed by atoms with Gasteiger partial charge in [0.05, 0.1) is 13.2 Å². The molecule has 2 rings (SSSR count). The molecule has 1 aliphatic heterocycles. The van der Waals surface area contributed by atoms with Crippen molar-refractivity contribution in [2.24, 2.45) is 17.8 Å². The van der Waals surface area contributed by atoms with Gasteiger partial charge in [0.1, 0.15) is 36.4 Å². The van der Waals surface area contributed by atoms with E-state index in [4.69, 9.17) is 24.0 Å². The number of likely N-dealkylation sites (N-methyl/N-ethyl adjacent to an activating group) is 2. The van der Waals surface area contributed by atoms with E-state index in [1.165, 1.54) is 45.8 Å². The Balaban J connectivity index is 2.65. The summed E-state index contributed by atoms with van der Waals surface area (Å²) in [6.07, 6.45) is 0.491. The van der Waals surface area contributed by atoms with E-state index in [2.05, 4.69) is 25.8 Å². The number of nitrogens with zero attached hydrogens (tertiary/aromatic N) is 2. The quantitative estimate of drug-likeness (QED) is 0.0471. The lowest BCUT2D eigenvalue weighted by Crippen LogP contribution is -2.57. The number of esters is 2. The number of alkyl carbamates (subject to hydrolysis) is 1. The van der Waals surface area contributed by atoms with Crippen LogP contribution in [0, 0.1) is 17.8 Å². The van der Waals surface area contributed by atoms with Crippen molar-refractivity contribution in [2.45, 2.75) is 157 Å². The molecule has 0 bridgehead atoms. The summed E-state index contributed by atoms with van der Waals surface area (Å²) in [5, 5.41) is 10.7. The van der Waals surface area contributed by atoms with Crippen LogP contribution in [0.1, 0.15) is 113 Å². The largest absolute Gasteiger partial charge is 0.469 e. The van der Waals surface area contributed by atoms with Crippen molar-refractivity contribution in [1.29, 1.82) is 0 Å². The number of carbonyl (C=O) groups is 8. The summed E-state index contributed by atoms with van der Waals surface area (Å²) >= 11 is 0. The van der Waals surface area contributed by atoms with Crippen LogP contribution in [-0.2, 0) is 63.3 Å². The molecule has 1 heterocycles. The van der Waals surface area contributed by atoms with Crippen molar-refractivity contribution < 1.29 is 71.4 Å². The smallest absolute Gasteiger partial charge is 0.456 e. The third kappa shape index (κ3) is 21.2. The van der Waals surface area contributed by atoms with Crippen LogP contribution in [0.2, 0.25) is 0 Å². The molecule has 0 aliphatic carbocycles. The van der Waals surface area contributed by atoms with Gasteiger partial charge in [0, 0.05) is 45.0 Å². The topological polar surface area (TPSA) is 286 Å². The monoisotopic (exact) mass is 1030 g/mol. The zero-order valence-corrected chi connectivity index (χ0v) is 44.8. The Kier molecular flexibility index (Phi) is 26.4. The van der Waals surface area contributed by atoms with Gasteiger partial charge in [-0.15, -0.1) is 0 Å². The molecule has 0 fully saturated rings. The normalized spacial score (nSPS) is 25.8. The summed E-state index contributed by atoms with van der Waals surface area (Å²) in [5.74, 6) is -6.49. The SMILES string of the molecule is C/C=C(\C)[C@H]1OC(=O)[C@@H](C)NC(=O)[C@H]([C@H](C)CC)NC(=O)CN(C)C(=O)[C@@H](Cc2ccccc2)N(C)C(=O)[C@H](C)NC(=O)[C@H](CC(C)C)OC(=O)/C(C)=C\C[C@H](OC(=O)NCCCCCOP(=O)(O)O)[C@@H]1C. The molecule has 21 nitrogen and oxygen atoms in total. The molecule has 0 radical (unpaired) electrons. The minimum Gasteiger partial charge on any atom is -0.456 e. The number of nitrogens with one attached hydrogen (secondary N) is 4. The van der Waals surface area contributed by atoms with Gasteiger partial charge in [-0.2, -0.15) is 0 Å². The summed E-state index contributed by atoms with van der Waals surface area (Å²) in [4.78, 5) is 131. The van der Waals surface area contributed by atoms with Gasteiger partial charge in [-0.1, -0.05) is 83.5 Å². The van der Waals surface area contributed by atoms with Gasteiger partial charge in [0.2, 0.25) is 23.6 Å². The van der Waals surface area contributed by atoms with E-state index in [-0.39, 0.29) is 43.9 Å². The number of allylic oxidation sites excluding steroid dienone is 1. The maximum Gasteiger partial charge on any atom is 0.469 e. The molecule has 1 aromatic carbocycles. The molecule has 6 amide bonds. The van der Waals surface area contributed by atoms with Crippen molar-refractivity contribution in [3.05, 3.63) is 59.2 Å². The number of ether oxygens (including phenoxy) is 3. The molecule has 404 valence electrons. The van der Waals surface area contributed by atoms with Gasteiger partial charge in [0.15, 0.2) is 6.10 Å². The second-order valence-electron chi connectivity index (χ2n) is 18.9. The second-order valence-corrected chi connectivity index (χ2v) is 20.1. The fourth-order valence-electron chi connectivity index (χ4n) is 7.65. The third-order valence-corrected chi connectivity index (χ3v) is 12.9. The first kappa shape index (κ1) is 62.5. The van der Waals surface area contributed by atoms with Crippen molar-refractivity contribution in [3.63, 3.8) is 0 Å². The predicted molar refractivity (Wildman–Crippen MR) is 267 cm³/mol. The molecule has 0 unspecified atom stereocenters. The van der Waals surface area contributed by atoms with E-state index < -0.39 is 116 Å². The highest BCUT2D eigenvalue weighted by atomic mass is 31.2. The van der Waals surface area contributed by atoms with Crippen LogP contribution in [0.4, 0.5) is 4.79 Å². The Morgan fingerprint density at radius 3 is 2.15 bits per heavy atom. The summed E-state index contributed by atoms with van der Waals surface area (Å²) in [6.45, 7) is 16.1. The lowest BCUT2D eigenvalue weighted by Gasteiger charge is -2.33. The van der Waals surface area contributed by atoms with Crippen LogP contribution < -0.4 is 21.3 Å². The minimum atomic E-state index is -4.61. The van der Waals surface area contributed by atoms with E-state index >= 15 is 0 Å². The Labute approximate surface area is 424 Å². The van der Waals surface area contributed by atoms with Crippen LogP contribution in [0.15, 0.2) is 53.6 Å². The first-order chi connectivity index (χ1) is 33.7. The molecule has 22 heteroatoms. The lowest BCUT2D eigenvalue weighted by molar-refractivity contribution is -0.155. The number of cyclic esters (lactones) is 2. The maximum atomic E-state index is 14.3. The summed E-state index contributed by atoms with van der Waals surface area (Å²) in [6, 6.07) is 4.16. The number of phosphoric acid groups is 1. The summed E-state index contributed by atoms with van der Waals surface area (Å²) in [7, 11) is -1.81. The Bertz CT molecular complexity index is 2110. The first-order valence-corrected chi connectivity index (χ1v) is 26.0. The molecule has 0 aromatic heterocycles. The van der Waals surface area contributed by atoms with E-state index in [1.807, 2.05) is 20.8 Å². The van der Waals surface area contributed by atoms with Gasteiger partial charge < -0.3 is 55.1 Å². The number of rotatable bonds is 15. The predicted octanol–water partition coefficient (Wildman–Crippen LogP) is 4.25. The highest BCUT2D eigenvalue weighted by molar-refractivity contribution is 7.46. The van der Waals surface area contributed by atoms with E-state index in [9.17, 15) is 42.9 Å². The number of carbonyl (C=O) groups excluding carboxylic acids is 8. The van der Waals surface area contributed by atoms with Crippen LogP contribution in [0.5, 0.6) is 0 Å². The van der Waals surface area contributed by atoms with Crippen molar-refractivity contribution in [1.82, 2.24) is 31.1 Å². The number of unbranched alkanes of at least 4 members (excludes halogenated alkanes) is 2. The third-order valence-electron chi connectivity index (χ3n) is 12.4. The molecule has 0 saturated carbocycles. The molecule has 9 atom stereocenters. The Morgan fingerprint density at radius 2 is 1.56 bits per heavy atom. The van der Waals surface area contributed by atoms with E-state index in [0.29, 0.717) is 36.8 Å². The fourth-order valence-corrected chi connectivity index (χ4v) is 8.02. The number of amides is 6. The Hall–Kier alpha value is -5.63. The number of hydrogen-bond acceptors (Lipinski definition) is 13. The second kappa shape index (κ2) is 30.4. The molecular weight excluding hydrogens is 956 g/mol. The van der Waals surface area contributed by atoms with Crippen molar-refractivity contribution in [2.75, 3.05) is 33.8 Å². The fraction of sp³-hybridized carbons (Fsp3) is 0.640. The highest BCUT2D eigenvalue weighted by Gasteiger charge is 2.37. The molecule has 0 spiro atoms. The van der Waals surface area contributed by atoms with Gasteiger partial charge in [-0.25, -0.2) is 18.9 Å². The zero-order chi connectivity index (χ0) is 54.5. The highest BCUT2D eigenvalue weighted by Crippen LogP contribution is 2.35. The average molecular weight is 1040 g/mol. The number of phosphoric ester groups is 1. The standard InChI is InChI=1S/C50H79N6O15P/c1-13-31(5)42-45(59)53-36(10)49(63)71-43(32(6)14-2)34(8)39(70-50(64)51-25-19-16-20-26-68-72(65,66)67)24-23-33(7)48(62)69-40(27-30(3)4)44(58)52-35(9)46(60)56(12)38(28-37-21-17-15-18-22-37)47(61)55(11)29-41(57)54-42/h14-15,17-18,21-23,30-31,34-36,38-40,42-43H,13,16,19-20,24-29H2,1-12H3,(H,51,64)(H,52,58)(H,53,59)(H,54,57)(H2,65,66,67)/b32-14+,33-23-/t31-,34+,35+,36-,38-,39+,40+,42+,43-/m1/s1. The molecule has 0 saturated heterocycles. The first-order valence-electron chi connectivity index (χ1n) is 24.5. The zero-order valence-electron chi connectivity index (χ0n) is 43.9. The summed E-state index contributed by atoms with van der Waals surface area (Å²) < 4.78 is 33.2. The number of hydrogen-bond donors (Lipinski definition) is 6. The van der Waals surface area contributed by atoms with E-state index in [0.717, 1.165) is 4.90 Å². The van der Waals surface area contributed by atoms with Gasteiger partial charge >= 0.3 is 25.9 Å². The molecule has 72 heavy (non-hydrogen) atoms. The van der Waals surface area contributed by atoms with Crippen molar-refractivity contribution >= 4 is 55.4 Å². The van der Waals surface area contributed by atoms with Crippen LogP contribution in [0.25, 0.3) is 0 Å². The summed E-state index contributed by atoms with van der Waals surface area (Å²) in [5.41, 5.74) is 1.31. The van der Waals surface area contributed by atoms with Crippen molar-refractivity contribution in [3.8, 4) is 0 Å². The number of benzene rings is 1. The maximum absolute atomic E-state index is 14.3. The molecule has 6 N–H and O–H groups in total. The van der Waals surface area contributed by atoms with Crippen LogP contribution in [0.3, 0.4) is 0 Å². The molecular formula is C50H79N6O15P. The van der Waals surface area contributed by atoms with Gasteiger partial charge in [-0.3, -0.25) is 28.5 Å². The van der Waals surface area contributed by atoms with E-state index in [1.54, 1.807) is 64.1 Å².